The number of amides is 1. The minimum Gasteiger partial charge on any atom is -0.508 e. The van der Waals surface area contributed by atoms with Crippen LogP contribution in [0.15, 0.2) is 29.2 Å². The average molecular weight is 267 g/mol. The molecule has 2 N–H and O–H groups in total. The third-order valence-corrected chi connectivity index (χ3v) is 3.77. The second kappa shape index (κ2) is 6.66. The van der Waals surface area contributed by atoms with Crippen LogP contribution in [0.25, 0.3) is 0 Å². The van der Waals surface area contributed by atoms with E-state index in [1.807, 2.05) is 6.07 Å². The number of nitrogens with one attached hydrogen (secondary N) is 1. The van der Waals surface area contributed by atoms with Gasteiger partial charge < -0.3 is 15.2 Å². The van der Waals surface area contributed by atoms with Gasteiger partial charge in [0.15, 0.2) is 0 Å². The number of hydrogen-bond donors (Lipinski definition) is 2. The number of carbonyl (C=O) groups is 1. The molecule has 1 aliphatic rings. The van der Waals surface area contributed by atoms with Crippen molar-refractivity contribution in [3.63, 3.8) is 0 Å². The van der Waals surface area contributed by atoms with Gasteiger partial charge in [-0.1, -0.05) is 6.07 Å². The molecular weight excluding hydrogens is 250 g/mol. The van der Waals surface area contributed by atoms with Gasteiger partial charge in [0.1, 0.15) is 5.75 Å². The number of hydrogen-bond acceptors (Lipinski definition) is 4. The largest absolute Gasteiger partial charge is 0.508 e. The van der Waals surface area contributed by atoms with Crippen LogP contribution in [0.1, 0.15) is 12.8 Å². The smallest absolute Gasteiger partial charge is 0.230 e. The van der Waals surface area contributed by atoms with E-state index in [0.29, 0.717) is 5.75 Å². The van der Waals surface area contributed by atoms with E-state index < -0.39 is 0 Å². The molecule has 2 rings (SSSR count). The Hall–Kier alpha value is -1.20. The number of aromatic hydroxyl groups is 1. The van der Waals surface area contributed by atoms with Crippen LogP contribution in [0.3, 0.4) is 0 Å². The maximum atomic E-state index is 11.7. The van der Waals surface area contributed by atoms with E-state index in [2.05, 4.69) is 5.32 Å². The van der Waals surface area contributed by atoms with Crippen molar-refractivity contribution < 1.29 is 14.6 Å². The van der Waals surface area contributed by atoms with Crippen LogP contribution in [0, 0.1) is 0 Å². The third kappa shape index (κ3) is 4.23. The molecule has 18 heavy (non-hydrogen) atoms. The zero-order valence-electron chi connectivity index (χ0n) is 10.1. The summed E-state index contributed by atoms with van der Waals surface area (Å²) in [6.07, 6.45) is 1.78. The monoisotopic (exact) mass is 267 g/mol. The Morgan fingerprint density at radius 3 is 2.94 bits per heavy atom. The van der Waals surface area contributed by atoms with Gasteiger partial charge in [0.25, 0.3) is 0 Å². The fourth-order valence-corrected chi connectivity index (χ4v) is 2.59. The van der Waals surface area contributed by atoms with Crippen molar-refractivity contribution in [1.29, 1.82) is 0 Å². The standard InChI is InChI=1S/C13H17NO3S/c15-11-2-1-3-12(8-11)18-9-13(16)14-10-4-6-17-7-5-10/h1-3,8,10,15H,4-7,9H2,(H,14,16). The highest BCUT2D eigenvalue weighted by atomic mass is 32.2. The van der Waals surface area contributed by atoms with Crippen LogP contribution in [0.4, 0.5) is 0 Å². The van der Waals surface area contributed by atoms with Gasteiger partial charge in [0, 0.05) is 24.2 Å². The van der Waals surface area contributed by atoms with Gasteiger partial charge >= 0.3 is 0 Å². The summed E-state index contributed by atoms with van der Waals surface area (Å²) in [5, 5.41) is 12.3. The fraction of sp³-hybridized carbons (Fsp3) is 0.462. The molecule has 5 heteroatoms. The van der Waals surface area contributed by atoms with Crippen molar-refractivity contribution in [2.75, 3.05) is 19.0 Å². The van der Waals surface area contributed by atoms with Gasteiger partial charge in [0.2, 0.25) is 5.91 Å². The minimum absolute atomic E-state index is 0.0373. The molecule has 0 saturated carbocycles. The number of ether oxygens (including phenoxy) is 1. The second-order valence-electron chi connectivity index (χ2n) is 4.24. The van der Waals surface area contributed by atoms with Crippen molar-refractivity contribution >= 4 is 17.7 Å². The molecule has 1 aromatic carbocycles. The number of phenols is 1. The Morgan fingerprint density at radius 2 is 2.22 bits per heavy atom. The van der Waals surface area contributed by atoms with Crippen molar-refractivity contribution in [2.45, 2.75) is 23.8 Å². The summed E-state index contributed by atoms with van der Waals surface area (Å²) in [5.41, 5.74) is 0. The number of rotatable bonds is 4. The molecule has 0 atom stereocenters. The first-order valence-electron chi connectivity index (χ1n) is 6.03. The summed E-state index contributed by atoms with van der Waals surface area (Å²) >= 11 is 1.43. The average Bonchev–Trinajstić information content (AvgIpc) is 2.38. The van der Waals surface area contributed by atoms with E-state index in [-0.39, 0.29) is 17.7 Å². The molecule has 1 fully saturated rings. The molecule has 1 saturated heterocycles. The van der Waals surface area contributed by atoms with Gasteiger partial charge in [-0.15, -0.1) is 11.8 Å². The Morgan fingerprint density at radius 1 is 1.44 bits per heavy atom. The highest BCUT2D eigenvalue weighted by Crippen LogP contribution is 2.21. The van der Waals surface area contributed by atoms with Crippen LogP contribution in [-0.2, 0) is 9.53 Å². The first-order chi connectivity index (χ1) is 8.74. The molecule has 1 aromatic rings. The predicted molar refractivity (Wildman–Crippen MR) is 70.8 cm³/mol. The summed E-state index contributed by atoms with van der Waals surface area (Å²) in [4.78, 5) is 12.6. The molecule has 0 aromatic heterocycles. The van der Waals surface area contributed by atoms with E-state index >= 15 is 0 Å². The fourth-order valence-electron chi connectivity index (χ4n) is 1.83. The normalized spacial score (nSPS) is 16.4. The maximum absolute atomic E-state index is 11.7. The Kier molecular flexibility index (Phi) is 4.90. The molecule has 1 aliphatic heterocycles. The quantitative estimate of drug-likeness (QED) is 0.816. The lowest BCUT2D eigenvalue weighted by Gasteiger charge is -2.22. The maximum Gasteiger partial charge on any atom is 0.230 e. The zero-order chi connectivity index (χ0) is 12.8. The molecule has 98 valence electrons. The van der Waals surface area contributed by atoms with E-state index in [1.54, 1.807) is 18.2 Å². The van der Waals surface area contributed by atoms with E-state index in [1.165, 1.54) is 11.8 Å². The van der Waals surface area contributed by atoms with Crippen LogP contribution in [-0.4, -0.2) is 36.0 Å². The predicted octanol–water partition coefficient (Wildman–Crippen LogP) is 1.78. The van der Waals surface area contributed by atoms with Crippen LogP contribution in [0.5, 0.6) is 5.75 Å². The number of carbonyl (C=O) groups excluding carboxylic acids is 1. The van der Waals surface area contributed by atoms with E-state index in [0.717, 1.165) is 31.0 Å². The van der Waals surface area contributed by atoms with Crippen LogP contribution >= 0.6 is 11.8 Å². The first kappa shape index (κ1) is 13.2. The lowest BCUT2D eigenvalue weighted by Crippen LogP contribution is -2.39. The summed E-state index contributed by atoms with van der Waals surface area (Å²) in [7, 11) is 0. The van der Waals surface area contributed by atoms with Crippen LogP contribution < -0.4 is 5.32 Å². The van der Waals surface area contributed by atoms with E-state index in [4.69, 9.17) is 4.74 Å². The van der Waals surface area contributed by atoms with Crippen LogP contribution in [0.2, 0.25) is 0 Å². The van der Waals surface area contributed by atoms with Crippen molar-refractivity contribution in [1.82, 2.24) is 5.32 Å². The summed E-state index contributed by atoms with van der Waals surface area (Å²) < 4.78 is 5.24. The topological polar surface area (TPSA) is 58.6 Å². The highest BCUT2D eigenvalue weighted by molar-refractivity contribution is 8.00. The summed E-state index contributed by atoms with van der Waals surface area (Å²) in [5.74, 6) is 0.640. The number of phenolic OH excluding ortho intramolecular Hbond substituents is 1. The highest BCUT2D eigenvalue weighted by Gasteiger charge is 2.15. The zero-order valence-corrected chi connectivity index (χ0v) is 10.9. The number of thioether (sulfide) groups is 1. The van der Waals surface area contributed by atoms with Crippen molar-refractivity contribution in [3.05, 3.63) is 24.3 Å². The lowest BCUT2D eigenvalue weighted by atomic mass is 10.1. The SMILES string of the molecule is O=C(CSc1cccc(O)c1)NC1CCOCC1. The van der Waals surface area contributed by atoms with Gasteiger partial charge in [-0.2, -0.15) is 0 Å². The van der Waals surface area contributed by atoms with Gasteiger partial charge in [0.05, 0.1) is 5.75 Å². The first-order valence-corrected chi connectivity index (χ1v) is 7.01. The number of benzene rings is 1. The molecule has 0 aliphatic carbocycles. The summed E-state index contributed by atoms with van der Waals surface area (Å²) in [6.45, 7) is 1.45. The van der Waals surface area contributed by atoms with E-state index in [9.17, 15) is 9.90 Å². The molecule has 1 heterocycles. The molecule has 0 spiro atoms. The third-order valence-electron chi connectivity index (χ3n) is 2.77. The van der Waals surface area contributed by atoms with Crippen molar-refractivity contribution in [2.24, 2.45) is 0 Å². The Balaban J connectivity index is 1.74. The molecule has 0 bridgehead atoms. The molecule has 1 amide bonds. The molecule has 4 nitrogen and oxygen atoms in total. The summed E-state index contributed by atoms with van der Waals surface area (Å²) in [6, 6.07) is 7.18. The molecule has 0 unspecified atom stereocenters. The molecule has 0 radical (unpaired) electrons. The Bertz CT molecular complexity index is 405. The second-order valence-corrected chi connectivity index (χ2v) is 5.29. The Labute approximate surface area is 111 Å². The van der Waals surface area contributed by atoms with Gasteiger partial charge in [-0.3, -0.25) is 4.79 Å². The van der Waals surface area contributed by atoms with Gasteiger partial charge in [-0.05, 0) is 31.0 Å². The lowest BCUT2D eigenvalue weighted by molar-refractivity contribution is -0.119. The molecular formula is C13H17NO3S. The van der Waals surface area contributed by atoms with Gasteiger partial charge in [-0.25, -0.2) is 0 Å². The van der Waals surface area contributed by atoms with Crippen molar-refractivity contribution in [3.8, 4) is 5.75 Å². The minimum atomic E-state index is 0.0373.